The molecule has 1 aromatic rings. The molecule has 98 valence electrons. The third-order valence-corrected chi connectivity index (χ3v) is 5.11. The Morgan fingerprint density at radius 1 is 1.56 bits per heavy atom. The zero-order valence-electron chi connectivity index (χ0n) is 11.2. The third kappa shape index (κ3) is 3.09. The van der Waals surface area contributed by atoms with E-state index >= 15 is 0 Å². The van der Waals surface area contributed by atoms with Crippen LogP contribution in [0.4, 0.5) is 0 Å². The predicted molar refractivity (Wildman–Crippen MR) is 76.7 cm³/mol. The number of nitrogens with one attached hydrogen (secondary N) is 1. The van der Waals surface area contributed by atoms with Crippen molar-refractivity contribution >= 4 is 11.8 Å². The summed E-state index contributed by atoms with van der Waals surface area (Å²) in [6.07, 6.45) is 4.10. The largest absolute Gasteiger partial charge is 0.340 e. The minimum Gasteiger partial charge on any atom is -0.340 e. The van der Waals surface area contributed by atoms with E-state index in [1.807, 2.05) is 17.7 Å². The quantitative estimate of drug-likeness (QED) is 0.907. The average molecular weight is 263 g/mol. The molecule has 0 aromatic carbocycles. The van der Waals surface area contributed by atoms with Crippen LogP contribution in [0.3, 0.4) is 0 Å². The van der Waals surface area contributed by atoms with Gasteiger partial charge in [0.15, 0.2) is 0 Å². The van der Waals surface area contributed by atoms with E-state index in [1.165, 1.54) is 36.3 Å². The van der Waals surface area contributed by atoms with Crippen LogP contribution in [0.25, 0.3) is 0 Å². The molecule has 0 spiro atoms. The number of rotatable bonds is 4. The second-order valence-corrected chi connectivity index (χ2v) is 6.34. The molecule has 1 N–H and O–H groups in total. The van der Waals surface area contributed by atoms with Crippen molar-refractivity contribution < 1.29 is 0 Å². The molecule has 1 atom stereocenters. The summed E-state index contributed by atoms with van der Waals surface area (Å²) < 4.78 is 1.96. The standard InChI is InChI=1S/C14H21N3S/c1-11-12(7-13(8-15)17(11)2)9-16-10-14-5-3-4-6-18-14/h7,14,16H,3-6,9-10H2,1-2H3. The van der Waals surface area contributed by atoms with Gasteiger partial charge in [-0.3, -0.25) is 0 Å². The first-order chi connectivity index (χ1) is 8.72. The summed E-state index contributed by atoms with van der Waals surface area (Å²) >= 11 is 2.10. The molecule has 18 heavy (non-hydrogen) atoms. The molecule has 0 saturated carbocycles. The van der Waals surface area contributed by atoms with Gasteiger partial charge in [-0.05, 0) is 37.1 Å². The molecule has 0 radical (unpaired) electrons. The first-order valence-electron chi connectivity index (χ1n) is 6.60. The van der Waals surface area contributed by atoms with Crippen LogP contribution < -0.4 is 5.32 Å². The fourth-order valence-corrected chi connectivity index (χ4v) is 3.66. The number of aromatic nitrogens is 1. The maximum absolute atomic E-state index is 8.99. The number of hydrogen-bond acceptors (Lipinski definition) is 3. The van der Waals surface area contributed by atoms with Gasteiger partial charge in [0, 0.05) is 31.1 Å². The van der Waals surface area contributed by atoms with E-state index in [-0.39, 0.29) is 0 Å². The van der Waals surface area contributed by atoms with Crippen LogP contribution in [0.2, 0.25) is 0 Å². The summed E-state index contributed by atoms with van der Waals surface area (Å²) in [6.45, 7) is 4.03. The summed E-state index contributed by atoms with van der Waals surface area (Å²) in [6, 6.07) is 4.22. The molecule has 1 aliphatic heterocycles. The lowest BCUT2D eigenvalue weighted by atomic mass is 10.2. The zero-order chi connectivity index (χ0) is 13.0. The van der Waals surface area contributed by atoms with Gasteiger partial charge < -0.3 is 9.88 Å². The lowest BCUT2D eigenvalue weighted by Crippen LogP contribution is -2.26. The number of nitrogens with zero attached hydrogens (tertiary/aromatic N) is 2. The van der Waals surface area contributed by atoms with Crippen LogP contribution in [0.5, 0.6) is 0 Å². The van der Waals surface area contributed by atoms with E-state index in [0.29, 0.717) is 0 Å². The van der Waals surface area contributed by atoms with E-state index in [1.54, 1.807) is 0 Å². The topological polar surface area (TPSA) is 40.8 Å². The lowest BCUT2D eigenvalue weighted by molar-refractivity contribution is 0.596. The molecule has 1 unspecified atom stereocenters. The summed E-state index contributed by atoms with van der Waals surface area (Å²) in [4.78, 5) is 0. The summed E-state index contributed by atoms with van der Waals surface area (Å²) in [5, 5.41) is 13.3. The SMILES string of the molecule is Cc1c(CNCC2CCCCS2)cc(C#N)n1C. The zero-order valence-corrected chi connectivity index (χ0v) is 12.0. The van der Waals surface area contributed by atoms with Crippen LogP contribution in [-0.4, -0.2) is 22.1 Å². The molecule has 0 bridgehead atoms. The maximum atomic E-state index is 8.99. The van der Waals surface area contributed by atoms with Crippen LogP contribution in [-0.2, 0) is 13.6 Å². The summed E-state index contributed by atoms with van der Waals surface area (Å²) in [7, 11) is 1.95. The molecule has 1 saturated heterocycles. The Balaban J connectivity index is 1.85. The van der Waals surface area contributed by atoms with Crippen LogP contribution in [0, 0.1) is 18.3 Å². The van der Waals surface area contributed by atoms with E-state index in [4.69, 9.17) is 5.26 Å². The molecular weight excluding hydrogens is 242 g/mol. The molecule has 0 aliphatic carbocycles. The number of nitriles is 1. The molecule has 1 aromatic heterocycles. The summed E-state index contributed by atoms with van der Waals surface area (Å²) in [5.74, 6) is 1.31. The molecule has 2 heterocycles. The smallest absolute Gasteiger partial charge is 0.120 e. The lowest BCUT2D eigenvalue weighted by Gasteiger charge is -2.21. The monoisotopic (exact) mass is 263 g/mol. The normalized spacial score (nSPS) is 19.7. The Morgan fingerprint density at radius 2 is 2.39 bits per heavy atom. The Labute approximate surface area is 114 Å². The first-order valence-corrected chi connectivity index (χ1v) is 7.65. The molecule has 1 fully saturated rings. The highest BCUT2D eigenvalue weighted by atomic mass is 32.2. The van der Waals surface area contributed by atoms with Crippen LogP contribution in [0.1, 0.15) is 36.2 Å². The van der Waals surface area contributed by atoms with Crippen molar-refractivity contribution in [2.75, 3.05) is 12.3 Å². The minimum atomic E-state index is 0.747. The Hall–Kier alpha value is -0.920. The Bertz CT molecular complexity index is 439. The average Bonchev–Trinajstić information content (AvgIpc) is 2.68. The van der Waals surface area contributed by atoms with Gasteiger partial charge in [-0.15, -0.1) is 0 Å². The van der Waals surface area contributed by atoms with Crippen molar-refractivity contribution in [1.29, 1.82) is 5.26 Å². The van der Waals surface area contributed by atoms with Crippen LogP contribution >= 0.6 is 11.8 Å². The van der Waals surface area contributed by atoms with Crippen LogP contribution in [0.15, 0.2) is 6.07 Å². The predicted octanol–water partition coefficient (Wildman–Crippen LogP) is 2.58. The number of thioether (sulfide) groups is 1. The van der Waals surface area contributed by atoms with E-state index in [9.17, 15) is 0 Å². The fraction of sp³-hybridized carbons (Fsp3) is 0.643. The molecule has 1 aliphatic rings. The second-order valence-electron chi connectivity index (χ2n) is 4.93. The van der Waals surface area contributed by atoms with Gasteiger partial charge in [0.1, 0.15) is 11.8 Å². The highest BCUT2D eigenvalue weighted by Crippen LogP contribution is 2.24. The Morgan fingerprint density at radius 3 is 3.00 bits per heavy atom. The van der Waals surface area contributed by atoms with Crippen molar-refractivity contribution in [3.8, 4) is 6.07 Å². The molecule has 3 nitrogen and oxygen atoms in total. The first kappa shape index (κ1) is 13.5. The van der Waals surface area contributed by atoms with Crippen molar-refractivity contribution in [2.24, 2.45) is 7.05 Å². The van der Waals surface area contributed by atoms with E-state index < -0.39 is 0 Å². The van der Waals surface area contributed by atoms with E-state index in [0.717, 1.165) is 24.0 Å². The van der Waals surface area contributed by atoms with Crippen molar-refractivity contribution in [1.82, 2.24) is 9.88 Å². The minimum absolute atomic E-state index is 0.747. The molecular formula is C14H21N3S. The molecule has 0 amide bonds. The van der Waals surface area contributed by atoms with Gasteiger partial charge in [0.25, 0.3) is 0 Å². The van der Waals surface area contributed by atoms with Crippen molar-refractivity contribution in [3.05, 3.63) is 23.0 Å². The third-order valence-electron chi connectivity index (χ3n) is 3.72. The fourth-order valence-electron chi connectivity index (χ4n) is 2.38. The van der Waals surface area contributed by atoms with Gasteiger partial charge in [0.05, 0.1) is 0 Å². The second kappa shape index (κ2) is 6.31. The maximum Gasteiger partial charge on any atom is 0.120 e. The van der Waals surface area contributed by atoms with Gasteiger partial charge in [0.2, 0.25) is 0 Å². The molecule has 2 rings (SSSR count). The highest BCUT2D eigenvalue weighted by molar-refractivity contribution is 7.99. The molecule has 4 heteroatoms. The van der Waals surface area contributed by atoms with E-state index in [2.05, 4.69) is 30.1 Å². The Kier molecular flexibility index (Phi) is 4.73. The number of hydrogen-bond donors (Lipinski definition) is 1. The van der Waals surface area contributed by atoms with Crippen molar-refractivity contribution in [3.63, 3.8) is 0 Å². The highest BCUT2D eigenvalue weighted by Gasteiger charge is 2.14. The van der Waals surface area contributed by atoms with Gasteiger partial charge in [-0.2, -0.15) is 17.0 Å². The van der Waals surface area contributed by atoms with Gasteiger partial charge >= 0.3 is 0 Å². The van der Waals surface area contributed by atoms with Crippen molar-refractivity contribution in [2.45, 2.75) is 38.0 Å². The van der Waals surface area contributed by atoms with Gasteiger partial charge in [-0.25, -0.2) is 0 Å². The van der Waals surface area contributed by atoms with Gasteiger partial charge in [-0.1, -0.05) is 6.42 Å². The summed E-state index contributed by atoms with van der Waals surface area (Å²) in [5.41, 5.74) is 3.18.